The van der Waals surface area contributed by atoms with Crippen LogP contribution in [0.1, 0.15) is 12.5 Å². The lowest BCUT2D eigenvalue weighted by Gasteiger charge is -2.29. The van der Waals surface area contributed by atoms with Crippen LogP contribution in [0.25, 0.3) is 11.8 Å². The summed E-state index contributed by atoms with van der Waals surface area (Å²) in [5.74, 6) is 0.724. The van der Waals surface area contributed by atoms with Crippen molar-refractivity contribution in [2.75, 3.05) is 6.61 Å². The Morgan fingerprint density at radius 2 is 2.19 bits per heavy atom. The predicted molar refractivity (Wildman–Crippen MR) is 58.8 cm³/mol. The largest absolute Gasteiger partial charge is 0.513 e. The van der Waals surface area contributed by atoms with Crippen molar-refractivity contribution in [2.45, 2.75) is 13.8 Å². The van der Waals surface area contributed by atoms with E-state index in [1.54, 1.807) is 0 Å². The van der Waals surface area contributed by atoms with Crippen LogP contribution in [0, 0.1) is 12.3 Å². The van der Waals surface area contributed by atoms with Crippen molar-refractivity contribution in [1.29, 1.82) is 0 Å². The SMILES string of the molecule is Cc1ccc2c(c1)=C1OC(=O)OCC1(C)C=2. The fourth-order valence-corrected chi connectivity index (χ4v) is 2.31. The van der Waals surface area contributed by atoms with Crippen molar-refractivity contribution < 1.29 is 14.3 Å². The number of hydrogen-bond acceptors (Lipinski definition) is 3. The van der Waals surface area contributed by atoms with E-state index in [0.717, 1.165) is 21.8 Å². The highest BCUT2D eigenvalue weighted by molar-refractivity contribution is 5.76. The third-order valence-corrected chi connectivity index (χ3v) is 3.12. The second kappa shape index (κ2) is 2.88. The average molecular weight is 216 g/mol. The first-order valence-corrected chi connectivity index (χ1v) is 5.27. The molecule has 0 saturated carbocycles. The quantitative estimate of drug-likeness (QED) is 0.608. The summed E-state index contributed by atoms with van der Waals surface area (Å²) in [5, 5.41) is 2.13. The Kier molecular flexibility index (Phi) is 1.70. The van der Waals surface area contributed by atoms with Gasteiger partial charge in [0.1, 0.15) is 12.4 Å². The molecule has 1 aliphatic carbocycles. The van der Waals surface area contributed by atoms with Crippen molar-refractivity contribution >= 4 is 18.0 Å². The first kappa shape index (κ1) is 9.46. The van der Waals surface area contributed by atoms with E-state index >= 15 is 0 Å². The van der Waals surface area contributed by atoms with E-state index in [9.17, 15) is 4.79 Å². The molecule has 1 unspecified atom stereocenters. The van der Waals surface area contributed by atoms with Gasteiger partial charge in [0.2, 0.25) is 0 Å². The minimum atomic E-state index is -0.602. The summed E-state index contributed by atoms with van der Waals surface area (Å²) in [6.07, 6.45) is 1.50. The second-order valence-corrected chi connectivity index (χ2v) is 4.62. The third-order valence-electron chi connectivity index (χ3n) is 3.12. The Balaban J connectivity index is 2.33. The number of fused-ring (bicyclic) bond motifs is 2. The van der Waals surface area contributed by atoms with Crippen LogP contribution in [-0.2, 0) is 9.47 Å². The fraction of sp³-hybridized carbons (Fsp3) is 0.308. The molecule has 82 valence electrons. The number of ether oxygens (including phenoxy) is 2. The van der Waals surface area contributed by atoms with Crippen LogP contribution in [0.4, 0.5) is 4.79 Å². The maximum atomic E-state index is 11.2. The molecule has 0 radical (unpaired) electrons. The van der Waals surface area contributed by atoms with Gasteiger partial charge in [0, 0.05) is 5.22 Å². The molecule has 0 bridgehead atoms. The summed E-state index contributed by atoms with van der Waals surface area (Å²) in [6, 6.07) is 6.15. The van der Waals surface area contributed by atoms with Crippen molar-refractivity contribution in [3.8, 4) is 0 Å². The van der Waals surface area contributed by atoms with E-state index in [1.165, 1.54) is 0 Å². The Labute approximate surface area is 93.0 Å². The van der Waals surface area contributed by atoms with Gasteiger partial charge in [-0.15, -0.1) is 0 Å². The average Bonchev–Trinajstić information content (AvgIpc) is 2.52. The minimum Gasteiger partial charge on any atom is -0.433 e. The molecule has 1 aliphatic heterocycles. The first-order valence-electron chi connectivity index (χ1n) is 5.27. The summed E-state index contributed by atoms with van der Waals surface area (Å²) >= 11 is 0. The smallest absolute Gasteiger partial charge is 0.433 e. The molecule has 1 fully saturated rings. The van der Waals surface area contributed by atoms with Crippen LogP contribution in [0.5, 0.6) is 0 Å². The molecule has 3 heteroatoms. The summed E-state index contributed by atoms with van der Waals surface area (Å²) in [5.41, 5.74) is 0.857. The number of benzene rings is 1. The molecule has 3 nitrogen and oxygen atoms in total. The van der Waals surface area contributed by atoms with Gasteiger partial charge in [0.15, 0.2) is 0 Å². The van der Waals surface area contributed by atoms with Gasteiger partial charge in [-0.2, -0.15) is 0 Å². The first-order chi connectivity index (χ1) is 7.58. The highest BCUT2D eigenvalue weighted by atomic mass is 16.7. The molecule has 0 spiro atoms. The molecule has 1 aromatic carbocycles. The second-order valence-electron chi connectivity index (χ2n) is 4.62. The van der Waals surface area contributed by atoms with Gasteiger partial charge in [-0.3, -0.25) is 0 Å². The Morgan fingerprint density at radius 1 is 1.38 bits per heavy atom. The number of carbonyl (C=O) groups excluding carboxylic acids is 1. The van der Waals surface area contributed by atoms with Gasteiger partial charge in [-0.05, 0) is 25.1 Å². The Hall–Kier alpha value is -1.77. The van der Waals surface area contributed by atoms with Crippen molar-refractivity contribution in [2.24, 2.45) is 5.41 Å². The lowest BCUT2D eigenvalue weighted by Crippen LogP contribution is -2.33. The van der Waals surface area contributed by atoms with Gasteiger partial charge in [-0.25, -0.2) is 4.79 Å². The number of rotatable bonds is 0. The van der Waals surface area contributed by atoms with Crippen LogP contribution >= 0.6 is 0 Å². The van der Waals surface area contributed by atoms with Crippen molar-refractivity contribution in [1.82, 2.24) is 0 Å². The van der Waals surface area contributed by atoms with E-state index in [-0.39, 0.29) is 5.41 Å². The Bertz CT molecular complexity index is 600. The minimum absolute atomic E-state index is 0.302. The van der Waals surface area contributed by atoms with Gasteiger partial charge in [0.05, 0.1) is 5.41 Å². The van der Waals surface area contributed by atoms with E-state index < -0.39 is 6.16 Å². The third kappa shape index (κ3) is 1.18. The molecule has 1 saturated heterocycles. The highest BCUT2D eigenvalue weighted by Gasteiger charge is 2.39. The zero-order valence-corrected chi connectivity index (χ0v) is 9.24. The molecule has 0 amide bonds. The molecule has 16 heavy (non-hydrogen) atoms. The lowest BCUT2D eigenvalue weighted by molar-refractivity contribution is 0.0392. The highest BCUT2D eigenvalue weighted by Crippen LogP contribution is 2.36. The molecule has 1 heterocycles. The van der Waals surface area contributed by atoms with E-state index in [0.29, 0.717) is 6.61 Å². The molecule has 0 aromatic heterocycles. The maximum Gasteiger partial charge on any atom is 0.513 e. The van der Waals surface area contributed by atoms with E-state index in [4.69, 9.17) is 9.47 Å². The van der Waals surface area contributed by atoms with Crippen LogP contribution < -0.4 is 10.4 Å². The van der Waals surface area contributed by atoms with Gasteiger partial charge in [-0.1, -0.05) is 23.8 Å². The summed E-state index contributed by atoms with van der Waals surface area (Å²) < 4.78 is 10.2. The molecule has 1 aromatic rings. The number of carbonyl (C=O) groups is 1. The summed E-state index contributed by atoms with van der Waals surface area (Å²) in [7, 11) is 0. The van der Waals surface area contributed by atoms with Crippen LogP contribution in [-0.4, -0.2) is 12.8 Å². The van der Waals surface area contributed by atoms with Crippen LogP contribution in [0.2, 0.25) is 0 Å². The lowest BCUT2D eigenvalue weighted by atomic mass is 9.91. The van der Waals surface area contributed by atoms with Gasteiger partial charge < -0.3 is 9.47 Å². The molecular weight excluding hydrogens is 204 g/mol. The van der Waals surface area contributed by atoms with Gasteiger partial charge in [0.25, 0.3) is 0 Å². The number of cyclic esters (lactones) is 1. The normalized spacial score (nSPS) is 26.4. The standard InChI is InChI=1S/C13H12O3/c1-8-3-4-9-6-13(2)7-15-12(14)16-11(13)10(9)5-8/h3-6H,7H2,1-2H3. The van der Waals surface area contributed by atoms with Crippen molar-refractivity contribution in [3.05, 3.63) is 34.2 Å². The molecule has 3 rings (SSSR count). The number of aryl methyl sites for hydroxylation is 1. The number of hydrogen-bond donors (Lipinski definition) is 0. The van der Waals surface area contributed by atoms with Crippen molar-refractivity contribution in [3.63, 3.8) is 0 Å². The zero-order chi connectivity index (χ0) is 11.3. The molecular formula is C13H12O3. The van der Waals surface area contributed by atoms with Gasteiger partial charge >= 0.3 is 6.16 Å². The Morgan fingerprint density at radius 3 is 3.00 bits per heavy atom. The molecule has 2 aliphatic rings. The molecule has 1 atom stereocenters. The van der Waals surface area contributed by atoms with E-state index in [1.807, 2.05) is 19.9 Å². The topological polar surface area (TPSA) is 35.5 Å². The van der Waals surface area contributed by atoms with Crippen LogP contribution in [0.3, 0.4) is 0 Å². The van der Waals surface area contributed by atoms with Crippen LogP contribution in [0.15, 0.2) is 18.2 Å². The fourth-order valence-electron chi connectivity index (χ4n) is 2.31. The maximum absolute atomic E-state index is 11.2. The summed E-state index contributed by atoms with van der Waals surface area (Å²) in [4.78, 5) is 11.2. The molecule has 0 N–H and O–H groups in total. The summed E-state index contributed by atoms with van der Waals surface area (Å²) in [6.45, 7) is 4.40. The monoisotopic (exact) mass is 216 g/mol. The zero-order valence-electron chi connectivity index (χ0n) is 9.24. The van der Waals surface area contributed by atoms with E-state index in [2.05, 4.69) is 18.2 Å². The predicted octanol–water partition coefficient (Wildman–Crippen LogP) is 1.07.